The Labute approximate surface area is 277 Å². The van der Waals surface area contributed by atoms with Crippen LogP contribution in [0.5, 0.6) is 5.75 Å². The molecule has 1 aromatic carbocycles. The minimum Gasteiger partial charge on any atom is -0.497 e. The molecule has 6 rings (SSSR count). The summed E-state index contributed by atoms with van der Waals surface area (Å²) >= 11 is 0. The molecule has 0 aliphatic heterocycles. The second-order valence-electron chi connectivity index (χ2n) is 17.8. The first-order valence-corrected chi connectivity index (χ1v) is 17.9. The summed E-state index contributed by atoms with van der Waals surface area (Å²) in [4.78, 5) is 26.6. The zero-order chi connectivity index (χ0) is 33.3. The topological polar surface area (TPSA) is 61.8 Å². The van der Waals surface area contributed by atoms with Crippen molar-refractivity contribution in [3.05, 3.63) is 47.6 Å². The minimum atomic E-state index is -0.369. The van der Waals surface area contributed by atoms with E-state index in [1.165, 1.54) is 6.42 Å². The highest BCUT2D eigenvalue weighted by atomic mass is 16.5. The zero-order valence-corrected chi connectivity index (χ0v) is 30.0. The Hall–Kier alpha value is -2.56. The lowest BCUT2D eigenvalue weighted by molar-refractivity contribution is -0.212. The Morgan fingerprint density at radius 3 is 2.20 bits per heavy atom. The van der Waals surface area contributed by atoms with Crippen LogP contribution in [-0.4, -0.2) is 32.3 Å². The van der Waals surface area contributed by atoms with Gasteiger partial charge in [-0.2, -0.15) is 0 Å². The molecule has 0 aromatic heterocycles. The van der Waals surface area contributed by atoms with Crippen molar-refractivity contribution in [2.24, 2.45) is 50.2 Å². The van der Waals surface area contributed by atoms with Gasteiger partial charge in [0.1, 0.15) is 11.9 Å². The summed E-state index contributed by atoms with van der Waals surface area (Å²) in [5.41, 5.74) is 2.64. The number of carbonyl (C=O) groups excluding carboxylic acids is 2. The SMILES string of the molecule is COC(=O)C12CCC(C)(C)CC1C1=CCC3C4(C)CCC(OC(=O)C=Cc5ccc(OC)cc5)C(C)(C)C4CCC3(C)C1(C)CC2. The number of fused-ring (bicyclic) bond motifs is 7. The molecule has 46 heavy (non-hydrogen) atoms. The molecule has 0 N–H and O–H groups in total. The summed E-state index contributed by atoms with van der Waals surface area (Å²) in [7, 11) is 3.24. The number of esters is 2. The van der Waals surface area contributed by atoms with Crippen LogP contribution >= 0.6 is 0 Å². The van der Waals surface area contributed by atoms with Gasteiger partial charge < -0.3 is 14.2 Å². The molecule has 5 aliphatic carbocycles. The van der Waals surface area contributed by atoms with Crippen LogP contribution in [-0.2, 0) is 19.1 Å². The summed E-state index contributed by atoms with van der Waals surface area (Å²) in [5.74, 6) is 1.85. The second-order valence-corrected chi connectivity index (χ2v) is 17.8. The lowest BCUT2D eigenvalue weighted by Gasteiger charge is -2.71. The number of ether oxygens (including phenoxy) is 3. The summed E-state index contributed by atoms with van der Waals surface area (Å²) in [5, 5.41) is 0. The van der Waals surface area contributed by atoms with E-state index in [0.29, 0.717) is 11.8 Å². The molecule has 4 fully saturated rings. The molecule has 5 nitrogen and oxygen atoms in total. The van der Waals surface area contributed by atoms with Crippen LogP contribution < -0.4 is 4.74 Å². The molecule has 8 unspecified atom stereocenters. The number of methoxy groups -OCH3 is 2. The van der Waals surface area contributed by atoms with Gasteiger partial charge in [-0.25, -0.2) is 4.79 Å². The fourth-order valence-electron chi connectivity index (χ4n) is 12.1. The number of carbonyl (C=O) groups is 2. The third-order valence-electron chi connectivity index (χ3n) is 15.0. The van der Waals surface area contributed by atoms with Gasteiger partial charge in [-0.05, 0) is 127 Å². The van der Waals surface area contributed by atoms with Crippen LogP contribution in [0.25, 0.3) is 6.08 Å². The first kappa shape index (κ1) is 33.3. The van der Waals surface area contributed by atoms with Crippen molar-refractivity contribution in [3.8, 4) is 5.75 Å². The molecule has 5 heteroatoms. The number of rotatable bonds is 5. The molecule has 0 amide bonds. The van der Waals surface area contributed by atoms with Crippen LogP contribution in [0.3, 0.4) is 0 Å². The van der Waals surface area contributed by atoms with Crippen molar-refractivity contribution >= 4 is 18.0 Å². The van der Waals surface area contributed by atoms with E-state index in [1.807, 2.05) is 30.3 Å². The van der Waals surface area contributed by atoms with Gasteiger partial charge in [0.25, 0.3) is 0 Å². The Balaban J connectivity index is 1.25. The van der Waals surface area contributed by atoms with Gasteiger partial charge in [-0.3, -0.25) is 4.79 Å². The second kappa shape index (κ2) is 11.3. The van der Waals surface area contributed by atoms with Crippen molar-refractivity contribution in [1.82, 2.24) is 0 Å². The Kier molecular flexibility index (Phi) is 8.16. The van der Waals surface area contributed by atoms with E-state index in [1.54, 1.807) is 25.9 Å². The van der Waals surface area contributed by atoms with Crippen molar-refractivity contribution < 1.29 is 23.8 Å². The van der Waals surface area contributed by atoms with Crippen LogP contribution in [0, 0.1) is 50.2 Å². The van der Waals surface area contributed by atoms with E-state index in [-0.39, 0.29) is 56.5 Å². The van der Waals surface area contributed by atoms with E-state index >= 15 is 0 Å². The summed E-state index contributed by atoms with van der Waals surface area (Å²) in [6.07, 6.45) is 16.4. The molecule has 252 valence electrons. The highest BCUT2D eigenvalue weighted by molar-refractivity contribution is 5.87. The molecule has 0 radical (unpaired) electrons. The number of allylic oxidation sites excluding steroid dienone is 2. The fourth-order valence-corrected chi connectivity index (χ4v) is 12.1. The molecule has 5 aliphatic rings. The van der Waals surface area contributed by atoms with Crippen molar-refractivity contribution in [3.63, 3.8) is 0 Å². The molecule has 8 atom stereocenters. The molecular weight excluding hydrogens is 572 g/mol. The Morgan fingerprint density at radius 1 is 0.826 bits per heavy atom. The molecule has 0 spiro atoms. The highest BCUT2D eigenvalue weighted by Gasteiger charge is 2.69. The first-order valence-electron chi connectivity index (χ1n) is 17.9. The van der Waals surface area contributed by atoms with Crippen LogP contribution in [0.2, 0.25) is 0 Å². The number of hydrogen-bond acceptors (Lipinski definition) is 5. The molecule has 0 saturated heterocycles. The maximum atomic E-state index is 13.5. The van der Waals surface area contributed by atoms with Gasteiger partial charge in [0.15, 0.2) is 0 Å². The lowest BCUT2D eigenvalue weighted by Crippen LogP contribution is -2.65. The van der Waals surface area contributed by atoms with Gasteiger partial charge in [0, 0.05) is 11.5 Å². The molecule has 0 heterocycles. The van der Waals surface area contributed by atoms with Crippen molar-refractivity contribution in [2.75, 3.05) is 14.2 Å². The van der Waals surface area contributed by atoms with E-state index in [9.17, 15) is 9.59 Å². The predicted molar refractivity (Wildman–Crippen MR) is 183 cm³/mol. The Morgan fingerprint density at radius 2 is 1.52 bits per heavy atom. The average molecular weight is 631 g/mol. The molecular formula is C41H58O5. The minimum absolute atomic E-state index is 0.0207. The van der Waals surface area contributed by atoms with Gasteiger partial charge in [0.2, 0.25) is 0 Å². The summed E-state index contributed by atoms with van der Waals surface area (Å²) in [6.45, 7) is 17.2. The van der Waals surface area contributed by atoms with Crippen LogP contribution in [0.1, 0.15) is 118 Å². The molecule has 4 saturated carbocycles. The monoisotopic (exact) mass is 630 g/mol. The van der Waals surface area contributed by atoms with Crippen molar-refractivity contribution in [2.45, 2.75) is 119 Å². The van der Waals surface area contributed by atoms with E-state index in [2.05, 4.69) is 54.5 Å². The lowest BCUT2D eigenvalue weighted by atomic mass is 9.33. The summed E-state index contributed by atoms with van der Waals surface area (Å²) in [6, 6.07) is 7.68. The van der Waals surface area contributed by atoms with Gasteiger partial charge in [0.05, 0.1) is 19.6 Å². The Bertz CT molecular complexity index is 1420. The van der Waals surface area contributed by atoms with Crippen molar-refractivity contribution in [1.29, 1.82) is 0 Å². The first-order chi connectivity index (χ1) is 21.6. The van der Waals surface area contributed by atoms with Crippen LogP contribution in [0.15, 0.2) is 42.0 Å². The quantitative estimate of drug-likeness (QED) is 0.184. The summed E-state index contributed by atoms with van der Waals surface area (Å²) < 4.78 is 17.0. The third kappa shape index (κ3) is 4.91. The molecule has 0 bridgehead atoms. The smallest absolute Gasteiger partial charge is 0.331 e. The fraction of sp³-hybridized carbons (Fsp3) is 0.707. The third-order valence-corrected chi connectivity index (χ3v) is 15.0. The van der Waals surface area contributed by atoms with Gasteiger partial charge in [-0.15, -0.1) is 0 Å². The van der Waals surface area contributed by atoms with E-state index < -0.39 is 0 Å². The number of hydrogen-bond donors (Lipinski definition) is 0. The van der Waals surface area contributed by atoms with Gasteiger partial charge >= 0.3 is 11.9 Å². The average Bonchev–Trinajstić information content (AvgIpc) is 3.01. The van der Waals surface area contributed by atoms with Gasteiger partial charge in [-0.1, -0.05) is 72.2 Å². The van der Waals surface area contributed by atoms with E-state index in [0.717, 1.165) is 69.1 Å². The maximum Gasteiger partial charge on any atom is 0.331 e. The van der Waals surface area contributed by atoms with E-state index in [4.69, 9.17) is 14.2 Å². The zero-order valence-electron chi connectivity index (χ0n) is 30.0. The molecule has 1 aromatic rings. The highest BCUT2D eigenvalue weighted by Crippen LogP contribution is 2.76. The maximum absolute atomic E-state index is 13.5. The van der Waals surface area contributed by atoms with Crippen LogP contribution in [0.4, 0.5) is 0 Å². The number of benzene rings is 1. The largest absolute Gasteiger partial charge is 0.497 e. The standard InChI is InChI=1S/C41H58O5/c1-36(2)22-24-41(35(43)45-9)25-23-39(6)29(30(41)26-36)15-16-32-38(5)20-19-33(37(3,4)31(38)18-21-40(32,39)7)46-34(42)17-12-27-10-13-28(44-8)14-11-27/h10-15,17,30-33H,16,18-26H2,1-9H3. The predicted octanol–water partition coefficient (Wildman–Crippen LogP) is 9.59. The normalized spacial score (nSPS) is 40.8.